The highest BCUT2D eigenvalue weighted by Crippen LogP contribution is 2.22. The van der Waals surface area contributed by atoms with Gasteiger partial charge in [0.25, 0.3) is 0 Å². The van der Waals surface area contributed by atoms with Crippen molar-refractivity contribution in [2.24, 2.45) is 5.73 Å². The zero-order chi connectivity index (χ0) is 10.8. The number of benzene rings is 1. The van der Waals surface area contributed by atoms with E-state index in [1.807, 2.05) is 6.92 Å². The highest BCUT2D eigenvalue weighted by atomic mass is 14.9. The third-order valence-corrected chi connectivity index (χ3v) is 2.67. The summed E-state index contributed by atoms with van der Waals surface area (Å²) in [6.07, 6.45) is 1.71. The van der Waals surface area contributed by atoms with Gasteiger partial charge in [-0.1, -0.05) is 12.1 Å². The van der Waals surface area contributed by atoms with Crippen molar-refractivity contribution in [1.29, 1.82) is 0 Å². The fourth-order valence-corrected chi connectivity index (χ4v) is 1.69. The molecule has 0 bridgehead atoms. The monoisotopic (exact) mass is 201 g/mol. The summed E-state index contributed by atoms with van der Waals surface area (Å²) in [7, 11) is 0. The van der Waals surface area contributed by atoms with Crippen LogP contribution in [0, 0.1) is 13.8 Å². The third-order valence-electron chi connectivity index (χ3n) is 2.67. The molecule has 0 aliphatic carbocycles. The summed E-state index contributed by atoms with van der Waals surface area (Å²) in [5.41, 5.74) is 11.3. The maximum Gasteiger partial charge on any atom is 0.0929 e. The van der Waals surface area contributed by atoms with E-state index in [9.17, 15) is 0 Å². The first-order chi connectivity index (χ1) is 7.22. The van der Waals surface area contributed by atoms with Crippen LogP contribution in [0.1, 0.15) is 16.8 Å². The van der Waals surface area contributed by atoms with Crippen molar-refractivity contribution in [2.45, 2.75) is 20.4 Å². The summed E-state index contributed by atoms with van der Waals surface area (Å²) in [6, 6.07) is 6.28. The minimum Gasteiger partial charge on any atom is -0.348 e. The molecule has 2 aromatic rings. The maximum absolute atomic E-state index is 5.68. The Labute approximate surface area is 89.4 Å². The second kappa shape index (κ2) is 3.87. The van der Waals surface area contributed by atoms with Gasteiger partial charge in [-0.15, -0.1) is 0 Å². The predicted octanol–water partition coefficient (Wildman–Crippen LogP) is 2.15. The molecular formula is C12H15N3. The Hall–Kier alpha value is -1.61. The standard InChI is InChI=1S/C12H15N3/c1-8-3-4-10(5-11(8)6-13)12-9(2)14-7-15-12/h3-5,7H,6,13H2,1-2H3,(H,14,15). The highest BCUT2D eigenvalue weighted by Gasteiger charge is 2.05. The number of imidazole rings is 1. The van der Waals surface area contributed by atoms with Crippen molar-refractivity contribution in [3.63, 3.8) is 0 Å². The topological polar surface area (TPSA) is 54.7 Å². The van der Waals surface area contributed by atoms with Crippen LogP contribution in [0.25, 0.3) is 11.3 Å². The lowest BCUT2D eigenvalue weighted by Crippen LogP contribution is -1.99. The summed E-state index contributed by atoms with van der Waals surface area (Å²) in [5, 5.41) is 0. The molecule has 3 nitrogen and oxygen atoms in total. The lowest BCUT2D eigenvalue weighted by Gasteiger charge is -2.05. The molecule has 15 heavy (non-hydrogen) atoms. The van der Waals surface area contributed by atoms with Crippen molar-refractivity contribution in [3.8, 4) is 11.3 Å². The van der Waals surface area contributed by atoms with E-state index < -0.39 is 0 Å². The van der Waals surface area contributed by atoms with Crippen molar-refractivity contribution in [3.05, 3.63) is 41.3 Å². The lowest BCUT2D eigenvalue weighted by atomic mass is 10.0. The summed E-state index contributed by atoms with van der Waals surface area (Å²) in [5.74, 6) is 0. The van der Waals surface area contributed by atoms with Crippen molar-refractivity contribution < 1.29 is 0 Å². The number of nitrogens with one attached hydrogen (secondary N) is 1. The van der Waals surface area contributed by atoms with E-state index in [4.69, 9.17) is 5.73 Å². The fraction of sp³-hybridized carbons (Fsp3) is 0.250. The summed E-state index contributed by atoms with van der Waals surface area (Å²) < 4.78 is 0. The Balaban J connectivity index is 2.51. The summed E-state index contributed by atoms with van der Waals surface area (Å²) in [4.78, 5) is 7.37. The molecule has 0 aliphatic rings. The van der Waals surface area contributed by atoms with Crippen molar-refractivity contribution in [2.75, 3.05) is 0 Å². The number of aromatic amines is 1. The van der Waals surface area contributed by atoms with Gasteiger partial charge in [0.05, 0.1) is 12.0 Å². The van der Waals surface area contributed by atoms with Crippen LogP contribution in [0.4, 0.5) is 0 Å². The molecule has 0 unspecified atom stereocenters. The second-order valence-corrected chi connectivity index (χ2v) is 3.72. The third kappa shape index (κ3) is 1.78. The van der Waals surface area contributed by atoms with Gasteiger partial charge in [-0.3, -0.25) is 0 Å². The van der Waals surface area contributed by atoms with Crippen LogP contribution >= 0.6 is 0 Å². The van der Waals surface area contributed by atoms with E-state index in [0.29, 0.717) is 6.54 Å². The normalized spacial score (nSPS) is 10.6. The SMILES string of the molecule is Cc1ccc(-c2nc[nH]c2C)cc1CN. The molecule has 0 saturated heterocycles. The molecule has 0 fully saturated rings. The Morgan fingerprint density at radius 3 is 2.73 bits per heavy atom. The number of H-pyrrole nitrogens is 1. The molecule has 1 aromatic heterocycles. The average Bonchev–Trinajstić information content (AvgIpc) is 2.65. The maximum atomic E-state index is 5.68. The molecular weight excluding hydrogens is 186 g/mol. The molecule has 0 spiro atoms. The van der Waals surface area contributed by atoms with E-state index in [2.05, 4.69) is 35.1 Å². The smallest absolute Gasteiger partial charge is 0.0929 e. The van der Waals surface area contributed by atoms with Crippen LogP contribution in [0.5, 0.6) is 0 Å². The van der Waals surface area contributed by atoms with Crippen LogP contribution in [-0.4, -0.2) is 9.97 Å². The molecule has 0 aliphatic heterocycles. The van der Waals surface area contributed by atoms with E-state index >= 15 is 0 Å². The molecule has 0 amide bonds. The summed E-state index contributed by atoms with van der Waals surface area (Å²) in [6.45, 7) is 4.66. The van der Waals surface area contributed by atoms with E-state index in [-0.39, 0.29) is 0 Å². The van der Waals surface area contributed by atoms with Gasteiger partial charge >= 0.3 is 0 Å². The highest BCUT2D eigenvalue weighted by molar-refractivity contribution is 5.63. The molecule has 0 radical (unpaired) electrons. The lowest BCUT2D eigenvalue weighted by molar-refractivity contribution is 1.05. The Morgan fingerprint density at radius 1 is 1.33 bits per heavy atom. The molecule has 3 N–H and O–H groups in total. The van der Waals surface area contributed by atoms with Crippen LogP contribution < -0.4 is 5.73 Å². The number of hydrogen-bond donors (Lipinski definition) is 2. The van der Waals surface area contributed by atoms with Crippen molar-refractivity contribution >= 4 is 0 Å². The average molecular weight is 201 g/mol. The predicted molar refractivity (Wildman–Crippen MR) is 61.4 cm³/mol. The number of nitrogens with two attached hydrogens (primary N) is 1. The minimum atomic E-state index is 0.573. The van der Waals surface area contributed by atoms with Crippen LogP contribution in [0.2, 0.25) is 0 Å². The van der Waals surface area contributed by atoms with E-state index in [1.54, 1.807) is 6.33 Å². The first-order valence-corrected chi connectivity index (χ1v) is 5.02. The minimum absolute atomic E-state index is 0.573. The van der Waals surface area contributed by atoms with E-state index in [1.165, 1.54) is 11.1 Å². The van der Waals surface area contributed by atoms with E-state index in [0.717, 1.165) is 17.0 Å². The molecule has 3 heteroatoms. The Bertz CT molecular complexity index is 471. The molecule has 78 valence electrons. The van der Waals surface area contributed by atoms with Gasteiger partial charge in [0, 0.05) is 17.8 Å². The van der Waals surface area contributed by atoms with Crippen LogP contribution in [0.15, 0.2) is 24.5 Å². The Kier molecular flexibility index (Phi) is 2.56. The van der Waals surface area contributed by atoms with Crippen LogP contribution in [-0.2, 0) is 6.54 Å². The van der Waals surface area contributed by atoms with Gasteiger partial charge < -0.3 is 10.7 Å². The van der Waals surface area contributed by atoms with Gasteiger partial charge in [0.2, 0.25) is 0 Å². The largest absolute Gasteiger partial charge is 0.348 e. The van der Waals surface area contributed by atoms with Gasteiger partial charge in [-0.25, -0.2) is 4.98 Å². The van der Waals surface area contributed by atoms with Gasteiger partial charge in [0.15, 0.2) is 0 Å². The number of hydrogen-bond acceptors (Lipinski definition) is 2. The molecule has 1 heterocycles. The van der Waals surface area contributed by atoms with Gasteiger partial charge in [-0.2, -0.15) is 0 Å². The zero-order valence-electron chi connectivity index (χ0n) is 9.04. The number of aromatic nitrogens is 2. The zero-order valence-corrected chi connectivity index (χ0v) is 9.04. The first-order valence-electron chi connectivity index (χ1n) is 5.02. The number of aryl methyl sites for hydroxylation is 2. The van der Waals surface area contributed by atoms with Gasteiger partial charge in [-0.05, 0) is 31.0 Å². The Morgan fingerprint density at radius 2 is 2.13 bits per heavy atom. The number of rotatable bonds is 2. The van der Waals surface area contributed by atoms with Crippen LogP contribution in [0.3, 0.4) is 0 Å². The molecule has 2 rings (SSSR count). The molecule has 0 atom stereocenters. The molecule has 0 saturated carbocycles. The van der Waals surface area contributed by atoms with Gasteiger partial charge in [0.1, 0.15) is 0 Å². The first kappa shape index (κ1) is 9.93. The quantitative estimate of drug-likeness (QED) is 0.782. The second-order valence-electron chi connectivity index (χ2n) is 3.72. The molecule has 1 aromatic carbocycles. The fourth-order valence-electron chi connectivity index (χ4n) is 1.69. The summed E-state index contributed by atoms with van der Waals surface area (Å²) >= 11 is 0. The van der Waals surface area contributed by atoms with Crippen molar-refractivity contribution in [1.82, 2.24) is 9.97 Å². The number of nitrogens with zero attached hydrogens (tertiary/aromatic N) is 1.